The fourth-order valence-corrected chi connectivity index (χ4v) is 5.75. The van der Waals surface area contributed by atoms with Crippen molar-refractivity contribution in [3.8, 4) is 5.75 Å². The molecular formula is C23H25F2N3O3S2. The lowest BCUT2D eigenvalue weighted by Gasteiger charge is -2.36. The summed E-state index contributed by atoms with van der Waals surface area (Å²) in [6.07, 6.45) is 1.19. The minimum absolute atomic E-state index is 0.00766. The van der Waals surface area contributed by atoms with Crippen LogP contribution in [-0.4, -0.2) is 37.5 Å². The molecule has 0 amide bonds. The van der Waals surface area contributed by atoms with Crippen LogP contribution in [0.2, 0.25) is 0 Å². The van der Waals surface area contributed by atoms with Crippen molar-refractivity contribution in [1.82, 2.24) is 9.88 Å². The molecule has 1 aliphatic rings. The van der Waals surface area contributed by atoms with Crippen LogP contribution < -0.4 is 9.46 Å². The third-order valence-corrected chi connectivity index (χ3v) is 7.89. The second-order valence-corrected chi connectivity index (χ2v) is 10.4. The Morgan fingerprint density at radius 3 is 2.55 bits per heavy atom. The summed E-state index contributed by atoms with van der Waals surface area (Å²) in [6, 6.07) is 11.4. The van der Waals surface area contributed by atoms with Crippen LogP contribution in [0.1, 0.15) is 36.9 Å². The van der Waals surface area contributed by atoms with Crippen LogP contribution in [0.4, 0.5) is 14.6 Å². The minimum atomic E-state index is -4.48. The average molecular weight is 494 g/mol. The predicted molar refractivity (Wildman–Crippen MR) is 124 cm³/mol. The normalized spacial score (nSPS) is 16.5. The van der Waals surface area contributed by atoms with Gasteiger partial charge in [0.1, 0.15) is 17.7 Å². The lowest BCUT2D eigenvalue weighted by atomic mass is 10.0. The first-order valence-corrected chi connectivity index (χ1v) is 13.0. The number of ether oxygens (including phenoxy) is 1. The summed E-state index contributed by atoms with van der Waals surface area (Å²) in [6.45, 7) is 5.12. The first-order valence-electron chi connectivity index (χ1n) is 10.6. The highest BCUT2D eigenvalue weighted by Gasteiger charge is 2.30. The molecular weight excluding hydrogens is 468 g/mol. The number of nitrogens with one attached hydrogen (secondary N) is 1. The minimum Gasteiger partial charge on any atom is -0.490 e. The SMILES string of the molecule is Cc1c(OC2CCN([C@H](C)c3ccccc3)CC2)cc(F)c(S(=O)(=O)Nc2cscn2)c1F. The molecule has 0 spiro atoms. The summed E-state index contributed by atoms with van der Waals surface area (Å²) in [7, 11) is -4.48. The quantitative estimate of drug-likeness (QED) is 0.494. The van der Waals surface area contributed by atoms with Gasteiger partial charge in [-0.2, -0.15) is 0 Å². The van der Waals surface area contributed by atoms with Crippen molar-refractivity contribution in [2.45, 2.75) is 43.7 Å². The third-order valence-electron chi connectivity index (χ3n) is 5.91. The van der Waals surface area contributed by atoms with Crippen molar-refractivity contribution in [2.24, 2.45) is 0 Å². The molecule has 1 aliphatic heterocycles. The number of rotatable bonds is 7. The highest BCUT2D eigenvalue weighted by molar-refractivity contribution is 7.92. The zero-order valence-electron chi connectivity index (χ0n) is 18.3. The number of likely N-dealkylation sites (tertiary alicyclic amines) is 1. The molecule has 1 fully saturated rings. The molecule has 0 radical (unpaired) electrons. The van der Waals surface area contributed by atoms with Gasteiger partial charge in [-0.05, 0) is 32.3 Å². The van der Waals surface area contributed by atoms with E-state index in [1.807, 2.05) is 18.2 Å². The van der Waals surface area contributed by atoms with Crippen molar-refractivity contribution in [1.29, 1.82) is 0 Å². The van der Waals surface area contributed by atoms with Gasteiger partial charge in [0.25, 0.3) is 10.0 Å². The number of sulfonamides is 1. The van der Waals surface area contributed by atoms with Crippen molar-refractivity contribution in [2.75, 3.05) is 17.8 Å². The molecule has 10 heteroatoms. The average Bonchev–Trinajstić information content (AvgIpc) is 3.30. The van der Waals surface area contributed by atoms with E-state index >= 15 is 0 Å². The van der Waals surface area contributed by atoms with E-state index in [0.717, 1.165) is 30.5 Å². The zero-order valence-corrected chi connectivity index (χ0v) is 19.9. The number of aromatic nitrogens is 1. The van der Waals surface area contributed by atoms with E-state index in [9.17, 15) is 17.2 Å². The van der Waals surface area contributed by atoms with Gasteiger partial charge in [0.05, 0.1) is 5.51 Å². The number of piperidine rings is 1. The van der Waals surface area contributed by atoms with E-state index in [1.54, 1.807) is 0 Å². The van der Waals surface area contributed by atoms with E-state index in [1.165, 1.54) is 23.4 Å². The number of thiazole rings is 1. The maximum atomic E-state index is 15.0. The molecule has 6 nitrogen and oxygen atoms in total. The van der Waals surface area contributed by atoms with Crippen molar-refractivity contribution < 1.29 is 21.9 Å². The number of nitrogens with zero attached hydrogens (tertiary/aromatic N) is 2. The number of hydrogen-bond acceptors (Lipinski definition) is 6. The number of anilines is 1. The summed E-state index contributed by atoms with van der Waals surface area (Å²) in [5.41, 5.74) is 2.61. The number of halogens is 2. The van der Waals surface area contributed by atoms with Crippen LogP contribution in [0.15, 0.2) is 52.2 Å². The molecule has 2 heterocycles. The molecule has 1 saturated heterocycles. The maximum absolute atomic E-state index is 15.0. The van der Waals surface area contributed by atoms with Gasteiger partial charge >= 0.3 is 0 Å². The Bertz CT molecular complexity index is 1200. The Morgan fingerprint density at radius 1 is 1.21 bits per heavy atom. The molecule has 0 unspecified atom stereocenters. The predicted octanol–water partition coefficient (Wildman–Crippen LogP) is 5.13. The Kier molecular flexibility index (Phi) is 6.96. The van der Waals surface area contributed by atoms with E-state index in [2.05, 4.69) is 33.7 Å². The summed E-state index contributed by atoms with van der Waals surface area (Å²) in [4.78, 5) is 5.11. The van der Waals surface area contributed by atoms with Crippen LogP contribution in [0, 0.1) is 18.6 Å². The molecule has 0 aliphatic carbocycles. The summed E-state index contributed by atoms with van der Waals surface area (Å²) in [5.74, 6) is -2.34. The topological polar surface area (TPSA) is 71.5 Å². The van der Waals surface area contributed by atoms with Gasteiger partial charge in [-0.25, -0.2) is 22.2 Å². The molecule has 4 rings (SSSR count). The Labute approximate surface area is 196 Å². The second kappa shape index (κ2) is 9.74. The molecule has 2 aromatic carbocycles. The van der Waals surface area contributed by atoms with Crippen molar-refractivity contribution in [3.63, 3.8) is 0 Å². The second-order valence-electron chi connectivity index (χ2n) is 8.04. The molecule has 176 valence electrons. The van der Waals surface area contributed by atoms with Gasteiger partial charge in [0, 0.05) is 36.1 Å². The first-order chi connectivity index (χ1) is 15.8. The third kappa shape index (κ3) is 5.18. The molecule has 1 aromatic heterocycles. The van der Waals surface area contributed by atoms with Gasteiger partial charge in [0.15, 0.2) is 16.5 Å². The van der Waals surface area contributed by atoms with Crippen LogP contribution in [0.5, 0.6) is 5.75 Å². The summed E-state index contributed by atoms with van der Waals surface area (Å²) in [5, 5.41) is 1.43. The largest absolute Gasteiger partial charge is 0.490 e. The number of benzene rings is 2. The monoisotopic (exact) mass is 493 g/mol. The van der Waals surface area contributed by atoms with E-state index in [4.69, 9.17) is 4.74 Å². The van der Waals surface area contributed by atoms with Crippen molar-refractivity contribution in [3.05, 3.63) is 70.1 Å². The fraction of sp³-hybridized carbons (Fsp3) is 0.348. The van der Waals surface area contributed by atoms with Gasteiger partial charge in [-0.15, -0.1) is 11.3 Å². The van der Waals surface area contributed by atoms with Crippen LogP contribution >= 0.6 is 11.3 Å². The van der Waals surface area contributed by atoms with Gasteiger partial charge in [0.2, 0.25) is 0 Å². The highest BCUT2D eigenvalue weighted by Crippen LogP contribution is 2.33. The fourth-order valence-electron chi connectivity index (χ4n) is 4.00. The Morgan fingerprint density at radius 2 is 1.91 bits per heavy atom. The molecule has 1 atom stereocenters. The van der Waals surface area contributed by atoms with E-state index in [-0.39, 0.29) is 29.3 Å². The van der Waals surface area contributed by atoms with Gasteiger partial charge < -0.3 is 4.74 Å². The smallest absolute Gasteiger partial charge is 0.268 e. The molecule has 33 heavy (non-hydrogen) atoms. The zero-order chi connectivity index (χ0) is 23.6. The summed E-state index contributed by atoms with van der Waals surface area (Å²) >= 11 is 1.16. The molecule has 0 saturated carbocycles. The van der Waals surface area contributed by atoms with Crippen LogP contribution in [0.3, 0.4) is 0 Å². The highest BCUT2D eigenvalue weighted by atomic mass is 32.2. The van der Waals surface area contributed by atoms with E-state index < -0.39 is 26.6 Å². The summed E-state index contributed by atoms with van der Waals surface area (Å²) < 4.78 is 62.9. The Hall–Kier alpha value is -2.56. The van der Waals surface area contributed by atoms with Crippen LogP contribution in [-0.2, 0) is 10.0 Å². The number of hydrogen-bond donors (Lipinski definition) is 1. The van der Waals surface area contributed by atoms with Gasteiger partial charge in [-0.1, -0.05) is 30.3 Å². The van der Waals surface area contributed by atoms with Crippen LogP contribution in [0.25, 0.3) is 0 Å². The standard InChI is InChI=1S/C23H25F2N3O3S2/c1-15-20(12-19(24)23(22(15)25)33(29,30)27-21-13-32-14-26-21)31-18-8-10-28(11-9-18)16(2)17-6-4-3-5-7-17/h3-7,12-14,16,18,27H,8-11H2,1-2H3/t16-/m1/s1. The maximum Gasteiger partial charge on any atom is 0.268 e. The Balaban J connectivity index is 1.45. The lowest BCUT2D eigenvalue weighted by molar-refractivity contribution is 0.0787. The van der Waals surface area contributed by atoms with Gasteiger partial charge in [-0.3, -0.25) is 9.62 Å². The lowest BCUT2D eigenvalue weighted by Crippen LogP contribution is -2.39. The molecule has 1 N–H and O–H groups in total. The molecule has 0 bridgehead atoms. The molecule has 3 aromatic rings. The first kappa shape index (κ1) is 23.6. The van der Waals surface area contributed by atoms with E-state index in [0.29, 0.717) is 12.8 Å². The van der Waals surface area contributed by atoms with Crippen molar-refractivity contribution >= 4 is 27.2 Å².